The second kappa shape index (κ2) is 18.1. The Kier molecular flexibility index (Phi) is 16.9. The molecule has 1 unspecified atom stereocenters. The number of carbonyl (C=O) groups excluding carboxylic acids is 1. The topological polar surface area (TPSA) is 141 Å². The lowest BCUT2D eigenvalue weighted by molar-refractivity contribution is -0.159. The van der Waals surface area contributed by atoms with Crippen molar-refractivity contribution in [2.75, 3.05) is 66.7 Å². The lowest BCUT2D eigenvalue weighted by Crippen LogP contribution is -2.49. The Morgan fingerprint density at radius 2 is 1.46 bits per heavy atom. The van der Waals surface area contributed by atoms with Gasteiger partial charge in [0.15, 0.2) is 11.5 Å². The molecule has 0 fully saturated rings. The molecular formula is C23H42N4O7S. The first-order valence-electron chi connectivity index (χ1n) is 11.5. The van der Waals surface area contributed by atoms with Crippen molar-refractivity contribution in [3.63, 3.8) is 0 Å². The van der Waals surface area contributed by atoms with Crippen LogP contribution in [0, 0.1) is 0 Å². The van der Waals surface area contributed by atoms with Crippen LogP contribution in [-0.4, -0.2) is 125 Å². The van der Waals surface area contributed by atoms with Crippen molar-refractivity contribution in [3.05, 3.63) is 24.2 Å². The minimum absolute atomic E-state index is 0.0486. The highest BCUT2D eigenvalue weighted by molar-refractivity contribution is 7.90. The van der Waals surface area contributed by atoms with E-state index in [4.69, 9.17) is 24.2 Å². The van der Waals surface area contributed by atoms with E-state index < -0.39 is 23.1 Å². The number of carboxylic acids is 2. The Bertz CT molecular complexity index is 703. The monoisotopic (exact) mass is 518 g/mol. The van der Waals surface area contributed by atoms with Gasteiger partial charge in [-0.05, 0) is 91.3 Å². The van der Waals surface area contributed by atoms with E-state index in [-0.39, 0.29) is 12.1 Å². The second-order valence-electron chi connectivity index (χ2n) is 8.85. The van der Waals surface area contributed by atoms with E-state index >= 15 is 0 Å². The van der Waals surface area contributed by atoms with Crippen LogP contribution in [0.15, 0.2) is 22.8 Å². The normalized spacial score (nSPS) is 11.8. The van der Waals surface area contributed by atoms with Gasteiger partial charge in [0.05, 0.1) is 12.8 Å². The van der Waals surface area contributed by atoms with Crippen LogP contribution in [0.3, 0.4) is 0 Å². The van der Waals surface area contributed by atoms with Gasteiger partial charge < -0.3 is 38.8 Å². The Morgan fingerprint density at radius 3 is 1.83 bits per heavy atom. The molecule has 0 aliphatic carbocycles. The fourth-order valence-corrected chi connectivity index (χ4v) is 4.07. The van der Waals surface area contributed by atoms with E-state index in [0.717, 1.165) is 44.8 Å². The molecule has 12 heteroatoms. The number of hydrogen-bond acceptors (Lipinski definition) is 7. The molecule has 1 aromatic rings. The molecule has 2 N–H and O–H groups in total. The van der Waals surface area contributed by atoms with E-state index in [1.165, 1.54) is 0 Å². The minimum atomic E-state index is -1.82. The highest BCUT2D eigenvalue weighted by Gasteiger charge is 2.24. The Labute approximate surface area is 211 Å². The van der Waals surface area contributed by atoms with Crippen LogP contribution < -0.4 is 0 Å². The molecule has 0 saturated carbocycles. The van der Waals surface area contributed by atoms with Crippen LogP contribution >= 0.6 is 0 Å². The molecule has 0 bridgehead atoms. The van der Waals surface area contributed by atoms with Crippen molar-refractivity contribution < 1.29 is 33.6 Å². The van der Waals surface area contributed by atoms with Crippen LogP contribution in [0.1, 0.15) is 32.4 Å². The molecule has 0 aliphatic rings. The summed E-state index contributed by atoms with van der Waals surface area (Å²) in [6.07, 6.45) is 3.48. The van der Waals surface area contributed by atoms with Gasteiger partial charge in [-0.2, -0.15) is 0 Å². The van der Waals surface area contributed by atoms with Gasteiger partial charge in [0.25, 0.3) is 0 Å². The van der Waals surface area contributed by atoms with E-state index in [1.807, 2.05) is 57.9 Å². The number of rotatable bonds is 14. The predicted octanol–water partition coefficient (Wildman–Crippen LogP) is 1.72. The standard InChI is InChI=1S/C21H40N4O3S.C2H2O4/c1-19(2)25(15-17-29(27)18-20-10-7-16-28-20)21(26)24(13-8-11-22(3)4)14-9-12-23(5)6;3-1(4)2(5)6/h7,10,16,19H,8-9,11-15,17-18H2,1-6H3;(H,3,4)(H,5,6). The van der Waals surface area contributed by atoms with Crippen molar-refractivity contribution in [2.24, 2.45) is 0 Å². The Balaban J connectivity index is 0.00000170. The van der Waals surface area contributed by atoms with Gasteiger partial charge in [-0.3, -0.25) is 0 Å². The third-order valence-corrected chi connectivity index (χ3v) is 6.08. The number of amides is 2. The molecule has 0 saturated heterocycles. The summed E-state index contributed by atoms with van der Waals surface area (Å²) in [5.74, 6) is -2.08. The maximum Gasteiger partial charge on any atom is 0.414 e. The molecule has 0 spiro atoms. The first-order chi connectivity index (χ1) is 16.3. The van der Waals surface area contributed by atoms with Crippen molar-refractivity contribution >= 4 is 29.1 Å². The molecule has 1 rings (SSSR count). The van der Waals surface area contributed by atoms with Gasteiger partial charge in [-0.25, -0.2) is 14.4 Å². The Morgan fingerprint density at radius 1 is 0.943 bits per heavy atom. The van der Waals surface area contributed by atoms with Gasteiger partial charge in [0.2, 0.25) is 0 Å². The SMILES string of the molecule is CC(C)N(CC[S+]([O-])Cc1ccco1)C(=O)N(CCCN(C)C)CCCN(C)C.O=C(O)C(=O)O. The van der Waals surface area contributed by atoms with Gasteiger partial charge in [-0.15, -0.1) is 0 Å². The highest BCUT2D eigenvalue weighted by Crippen LogP contribution is 2.11. The largest absolute Gasteiger partial charge is 0.616 e. The molecule has 2 amide bonds. The zero-order chi connectivity index (χ0) is 27.0. The number of furan rings is 1. The van der Waals surface area contributed by atoms with E-state index in [0.29, 0.717) is 18.1 Å². The maximum absolute atomic E-state index is 13.3. The van der Waals surface area contributed by atoms with Crippen LogP contribution in [0.5, 0.6) is 0 Å². The lowest BCUT2D eigenvalue weighted by Gasteiger charge is -2.34. The summed E-state index contributed by atoms with van der Waals surface area (Å²) in [5.41, 5.74) is 0. The predicted molar refractivity (Wildman–Crippen MR) is 136 cm³/mol. The highest BCUT2D eigenvalue weighted by atomic mass is 32.2. The van der Waals surface area contributed by atoms with E-state index in [1.54, 1.807) is 12.3 Å². The minimum Gasteiger partial charge on any atom is -0.616 e. The van der Waals surface area contributed by atoms with Crippen LogP contribution in [0.25, 0.3) is 0 Å². The summed E-state index contributed by atoms with van der Waals surface area (Å²) in [7, 11) is 8.19. The number of hydrogen-bond donors (Lipinski definition) is 2. The number of nitrogens with zero attached hydrogens (tertiary/aromatic N) is 4. The lowest BCUT2D eigenvalue weighted by atomic mass is 10.3. The molecule has 1 atom stereocenters. The molecule has 1 aromatic heterocycles. The van der Waals surface area contributed by atoms with E-state index in [9.17, 15) is 9.35 Å². The zero-order valence-corrected chi connectivity index (χ0v) is 22.6. The first kappa shape index (κ1) is 32.7. The number of aliphatic carboxylic acids is 2. The molecule has 35 heavy (non-hydrogen) atoms. The zero-order valence-electron chi connectivity index (χ0n) is 21.8. The van der Waals surface area contributed by atoms with Crippen molar-refractivity contribution in [1.29, 1.82) is 0 Å². The van der Waals surface area contributed by atoms with Crippen molar-refractivity contribution in [3.8, 4) is 0 Å². The van der Waals surface area contributed by atoms with Crippen LogP contribution in [0.2, 0.25) is 0 Å². The molecule has 0 aliphatic heterocycles. The summed E-state index contributed by atoms with van der Waals surface area (Å²) >= 11 is -1.06. The quantitative estimate of drug-likeness (QED) is 0.278. The fraction of sp³-hybridized carbons (Fsp3) is 0.696. The molecule has 1 heterocycles. The van der Waals surface area contributed by atoms with Crippen molar-refractivity contribution in [2.45, 2.75) is 38.5 Å². The second-order valence-corrected chi connectivity index (χ2v) is 10.4. The summed E-state index contributed by atoms with van der Waals surface area (Å²) < 4.78 is 17.7. The molecule has 0 radical (unpaired) electrons. The van der Waals surface area contributed by atoms with Crippen molar-refractivity contribution in [1.82, 2.24) is 19.6 Å². The van der Waals surface area contributed by atoms with Gasteiger partial charge >= 0.3 is 18.0 Å². The fourth-order valence-electron chi connectivity index (χ4n) is 3.04. The molecular weight excluding hydrogens is 476 g/mol. The smallest absolute Gasteiger partial charge is 0.414 e. The summed E-state index contributed by atoms with van der Waals surface area (Å²) in [4.78, 5) is 39.6. The summed E-state index contributed by atoms with van der Waals surface area (Å²) in [5, 5.41) is 14.8. The van der Waals surface area contributed by atoms with Crippen LogP contribution in [-0.2, 0) is 26.5 Å². The number of urea groups is 1. The first-order valence-corrected chi connectivity index (χ1v) is 13.0. The van der Waals surface area contributed by atoms with Crippen LogP contribution in [0.4, 0.5) is 4.79 Å². The summed E-state index contributed by atoms with van der Waals surface area (Å²) in [6.45, 7) is 7.91. The van der Waals surface area contributed by atoms with Gasteiger partial charge in [0, 0.05) is 19.1 Å². The molecule has 11 nitrogen and oxygen atoms in total. The number of carboxylic acid groups (broad SMARTS) is 2. The third kappa shape index (κ3) is 16.1. The van der Waals surface area contributed by atoms with E-state index in [2.05, 4.69) is 9.80 Å². The average Bonchev–Trinajstić information content (AvgIpc) is 3.25. The molecule has 0 aromatic carbocycles. The summed E-state index contributed by atoms with van der Waals surface area (Å²) in [6, 6.07) is 3.75. The number of carbonyl (C=O) groups is 3. The average molecular weight is 519 g/mol. The molecule has 202 valence electrons. The van der Waals surface area contributed by atoms with Gasteiger partial charge in [-0.1, -0.05) is 0 Å². The maximum atomic E-state index is 13.3. The third-order valence-electron chi connectivity index (χ3n) is 4.83. The van der Waals surface area contributed by atoms with Gasteiger partial charge in [0.1, 0.15) is 5.75 Å². The Hall–Kier alpha value is -2.28.